The second-order valence-electron chi connectivity index (χ2n) is 5.96. The van der Waals surface area contributed by atoms with E-state index in [-0.39, 0.29) is 23.8 Å². The first-order chi connectivity index (χ1) is 9.52. The molecule has 20 heavy (non-hydrogen) atoms. The van der Waals surface area contributed by atoms with Crippen molar-refractivity contribution in [2.45, 2.75) is 38.6 Å². The number of nitrogens with one attached hydrogen (secondary N) is 1. The van der Waals surface area contributed by atoms with Gasteiger partial charge in [0, 0.05) is 17.6 Å². The maximum absolute atomic E-state index is 12.6. The molecule has 1 aromatic rings. The molecule has 1 aromatic carbocycles. The average Bonchev–Trinajstić information content (AvgIpc) is 3.20. The van der Waals surface area contributed by atoms with Gasteiger partial charge in [-0.25, -0.2) is 0 Å². The lowest BCUT2D eigenvalue weighted by Crippen LogP contribution is -2.44. The maximum atomic E-state index is 12.6. The predicted octanol–water partition coefficient (Wildman–Crippen LogP) is 2.93. The van der Waals surface area contributed by atoms with Gasteiger partial charge in [0.1, 0.15) is 0 Å². The minimum atomic E-state index is -0.179. The van der Waals surface area contributed by atoms with Crippen molar-refractivity contribution in [2.24, 2.45) is 17.6 Å². The average molecular weight is 295 g/mol. The van der Waals surface area contributed by atoms with E-state index in [2.05, 4.69) is 19.2 Å². The molecular formula is C16H23ClN2O. The van der Waals surface area contributed by atoms with Crippen molar-refractivity contribution in [1.29, 1.82) is 0 Å². The Hall–Kier alpha value is -1.06. The molecule has 1 aliphatic carbocycles. The minimum absolute atomic E-state index is 0.0598. The lowest BCUT2D eigenvalue weighted by atomic mass is 9.87. The van der Waals surface area contributed by atoms with Crippen LogP contribution >= 0.6 is 11.6 Å². The summed E-state index contributed by atoms with van der Waals surface area (Å²) >= 11 is 6.04. The van der Waals surface area contributed by atoms with E-state index >= 15 is 0 Å². The smallest absolute Gasteiger partial charge is 0.228 e. The molecule has 0 aromatic heterocycles. The van der Waals surface area contributed by atoms with Gasteiger partial charge in [0.15, 0.2) is 0 Å². The van der Waals surface area contributed by atoms with Gasteiger partial charge >= 0.3 is 0 Å². The summed E-state index contributed by atoms with van der Waals surface area (Å²) in [7, 11) is 0. The molecule has 0 spiro atoms. The summed E-state index contributed by atoms with van der Waals surface area (Å²) in [5.74, 6) is 0.660. The molecule has 0 saturated heterocycles. The van der Waals surface area contributed by atoms with Crippen molar-refractivity contribution in [3.63, 3.8) is 0 Å². The first-order valence-electron chi connectivity index (χ1n) is 7.28. The standard InChI is InChI=1S/C16H23ClN2O/c1-10(2)15(12-4-3-5-13(17)8-12)16(20)19-14(9-18)11-6-7-11/h3-5,8,10-11,14-15H,6-7,9,18H2,1-2H3,(H,19,20). The molecule has 3 nitrogen and oxygen atoms in total. The fourth-order valence-electron chi connectivity index (χ4n) is 2.68. The van der Waals surface area contributed by atoms with Crippen LogP contribution in [-0.2, 0) is 4.79 Å². The van der Waals surface area contributed by atoms with Crippen molar-refractivity contribution >= 4 is 17.5 Å². The normalized spacial score (nSPS) is 17.9. The summed E-state index contributed by atoms with van der Waals surface area (Å²) in [6.45, 7) is 4.62. The zero-order chi connectivity index (χ0) is 14.7. The number of rotatable bonds is 6. The number of amides is 1. The van der Waals surface area contributed by atoms with Gasteiger partial charge in [-0.05, 0) is 42.4 Å². The van der Waals surface area contributed by atoms with Crippen LogP contribution in [0, 0.1) is 11.8 Å². The molecule has 2 rings (SSSR count). The number of hydrogen-bond acceptors (Lipinski definition) is 2. The number of carbonyl (C=O) groups excluding carboxylic acids is 1. The van der Waals surface area contributed by atoms with Crippen LogP contribution in [0.1, 0.15) is 38.2 Å². The lowest BCUT2D eigenvalue weighted by molar-refractivity contribution is -0.124. The van der Waals surface area contributed by atoms with E-state index in [4.69, 9.17) is 17.3 Å². The molecule has 3 N–H and O–H groups in total. The first-order valence-corrected chi connectivity index (χ1v) is 7.66. The Bertz CT molecular complexity index is 471. The van der Waals surface area contributed by atoms with Gasteiger partial charge in [0.25, 0.3) is 0 Å². The molecule has 0 radical (unpaired) electrons. The quantitative estimate of drug-likeness (QED) is 0.847. The molecule has 2 atom stereocenters. The Balaban J connectivity index is 2.13. The van der Waals surface area contributed by atoms with Crippen molar-refractivity contribution in [1.82, 2.24) is 5.32 Å². The predicted molar refractivity (Wildman–Crippen MR) is 82.7 cm³/mol. The van der Waals surface area contributed by atoms with E-state index in [0.29, 0.717) is 17.5 Å². The molecule has 110 valence electrons. The molecule has 1 aliphatic rings. The van der Waals surface area contributed by atoms with Crippen molar-refractivity contribution in [2.75, 3.05) is 6.54 Å². The fourth-order valence-corrected chi connectivity index (χ4v) is 2.88. The highest BCUT2D eigenvalue weighted by Gasteiger charge is 2.33. The highest BCUT2D eigenvalue weighted by atomic mass is 35.5. The van der Waals surface area contributed by atoms with Crippen LogP contribution in [0.4, 0.5) is 0 Å². The molecule has 0 bridgehead atoms. The van der Waals surface area contributed by atoms with Gasteiger partial charge in [0.05, 0.1) is 5.92 Å². The van der Waals surface area contributed by atoms with Gasteiger partial charge in [-0.3, -0.25) is 4.79 Å². The van der Waals surface area contributed by atoms with Crippen LogP contribution in [0.25, 0.3) is 0 Å². The molecule has 0 aliphatic heterocycles. The van der Waals surface area contributed by atoms with E-state index in [9.17, 15) is 4.79 Å². The summed E-state index contributed by atoms with van der Waals surface area (Å²) in [6, 6.07) is 7.67. The number of benzene rings is 1. The second kappa shape index (κ2) is 6.59. The minimum Gasteiger partial charge on any atom is -0.351 e. The van der Waals surface area contributed by atoms with Crippen LogP contribution in [0.5, 0.6) is 0 Å². The molecule has 0 heterocycles. The van der Waals surface area contributed by atoms with Crippen LogP contribution in [0.2, 0.25) is 5.02 Å². The summed E-state index contributed by atoms with van der Waals surface area (Å²) in [4.78, 5) is 12.6. The Morgan fingerprint density at radius 2 is 2.15 bits per heavy atom. The number of halogens is 1. The summed E-state index contributed by atoms with van der Waals surface area (Å²) in [5.41, 5.74) is 6.73. The molecule has 1 amide bonds. The second-order valence-corrected chi connectivity index (χ2v) is 6.40. The zero-order valence-electron chi connectivity index (χ0n) is 12.1. The third-order valence-electron chi connectivity index (χ3n) is 3.93. The van der Waals surface area contributed by atoms with Gasteiger partial charge < -0.3 is 11.1 Å². The molecule has 4 heteroatoms. The van der Waals surface area contributed by atoms with Crippen LogP contribution in [0.3, 0.4) is 0 Å². The van der Waals surface area contributed by atoms with Gasteiger partial charge in [-0.2, -0.15) is 0 Å². The molecule has 1 fully saturated rings. The molecule has 1 saturated carbocycles. The first kappa shape index (κ1) is 15.3. The Morgan fingerprint density at radius 3 is 2.65 bits per heavy atom. The maximum Gasteiger partial charge on any atom is 0.228 e. The Labute approximate surface area is 125 Å². The third-order valence-corrected chi connectivity index (χ3v) is 4.16. The monoisotopic (exact) mass is 294 g/mol. The highest BCUT2D eigenvalue weighted by molar-refractivity contribution is 6.30. The van der Waals surface area contributed by atoms with E-state index < -0.39 is 0 Å². The van der Waals surface area contributed by atoms with Gasteiger partial charge in [-0.15, -0.1) is 0 Å². The third kappa shape index (κ3) is 3.74. The lowest BCUT2D eigenvalue weighted by Gasteiger charge is -2.24. The van der Waals surface area contributed by atoms with Crippen LogP contribution in [0.15, 0.2) is 24.3 Å². The largest absolute Gasteiger partial charge is 0.351 e. The highest BCUT2D eigenvalue weighted by Crippen LogP contribution is 2.33. The summed E-state index contributed by atoms with van der Waals surface area (Å²) in [5, 5.41) is 3.79. The van der Waals surface area contributed by atoms with E-state index in [1.165, 1.54) is 12.8 Å². The fraction of sp³-hybridized carbons (Fsp3) is 0.562. The van der Waals surface area contributed by atoms with E-state index in [1.54, 1.807) is 0 Å². The molecule has 2 unspecified atom stereocenters. The van der Waals surface area contributed by atoms with Gasteiger partial charge in [0.2, 0.25) is 5.91 Å². The number of carbonyl (C=O) groups is 1. The van der Waals surface area contributed by atoms with E-state index in [1.807, 2.05) is 24.3 Å². The van der Waals surface area contributed by atoms with E-state index in [0.717, 1.165) is 5.56 Å². The van der Waals surface area contributed by atoms with Crippen LogP contribution in [-0.4, -0.2) is 18.5 Å². The zero-order valence-corrected chi connectivity index (χ0v) is 12.9. The van der Waals surface area contributed by atoms with Gasteiger partial charge in [-0.1, -0.05) is 37.6 Å². The summed E-state index contributed by atoms with van der Waals surface area (Å²) < 4.78 is 0. The SMILES string of the molecule is CC(C)C(C(=O)NC(CN)C1CC1)c1cccc(Cl)c1. The molecular weight excluding hydrogens is 272 g/mol. The van der Waals surface area contributed by atoms with Crippen molar-refractivity contribution < 1.29 is 4.79 Å². The Kier molecular flexibility index (Phi) is 5.06. The number of hydrogen-bond donors (Lipinski definition) is 2. The van der Waals surface area contributed by atoms with Crippen molar-refractivity contribution in [3.8, 4) is 0 Å². The van der Waals surface area contributed by atoms with Crippen LogP contribution < -0.4 is 11.1 Å². The summed E-state index contributed by atoms with van der Waals surface area (Å²) in [6.07, 6.45) is 2.34. The topological polar surface area (TPSA) is 55.1 Å². The Morgan fingerprint density at radius 1 is 1.45 bits per heavy atom. The van der Waals surface area contributed by atoms with Crippen molar-refractivity contribution in [3.05, 3.63) is 34.9 Å². The number of nitrogens with two attached hydrogens (primary N) is 1.